The van der Waals surface area contributed by atoms with Crippen LogP contribution in [0.1, 0.15) is 18.9 Å². The molecule has 0 fully saturated rings. The molecule has 0 aliphatic rings. The van der Waals surface area contributed by atoms with Gasteiger partial charge in [0.15, 0.2) is 9.84 Å². The summed E-state index contributed by atoms with van der Waals surface area (Å²) in [7, 11) is -3.25. The van der Waals surface area contributed by atoms with Crippen LogP contribution in [0.15, 0.2) is 29.2 Å². The second-order valence-electron chi connectivity index (χ2n) is 3.68. The van der Waals surface area contributed by atoms with Gasteiger partial charge in [-0.15, -0.1) is 0 Å². The zero-order chi connectivity index (χ0) is 12.9. The van der Waals surface area contributed by atoms with Gasteiger partial charge in [-0.25, -0.2) is 8.42 Å². The van der Waals surface area contributed by atoms with E-state index in [4.69, 9.17) is 4.74 Å². The first-order chi connectivity index (χ1) is 7.95. The minimum absolute atomic E-state index is 0.195. The highest BCUT2D eigenvalue weighted by Crippen LogP contribution is 2.16. The molecule has 0 aliphatic heterocycles. The third-order valence-electron chi connectivity index (χ3n) is 2.28. The topological polar surface area (TPSA) is 60.4 Å². The minimum atomic E-state index is -3.25. The summed E-state index contributed by atoms with van der Waals surface area (Å²) in [6.45, 7) is 2.08. The van der Waals surface area contributed by atoms with E-state index in [-0.39, 0.29) is 17.3 Å². The van der Waals surface area contributed by atoms with E-state index < -0.39 is 9.84 Å². The van der Waals surface area contributed by atoms with Gasteiger partial charge in [-0.2, -0.15) is 0 Å². The first-order valence-electron chi connectivity index (χ1n) is 5.38. The molecular weight excluding hydrogens is 240 g/mol. The van der Waals surface area contributed by atoms with Crippen molar-refractivity contribution in [2.45, 2.75) is 24.7 Å². The number of carbonyl (C=O) groups is 1. The minimum Gasteiger partial charge on any atom is -0.466 e. The number of aryl methyl sites for hydroxylation is 1. The predicted octanol–water partition coefficient (Wildman–Crippen LogP) is 1.59. The number of carbonyl (C=O) groups excluding carboxylic acids is 1. The van der Waals surface area contributed by atoms with Gasteiger partial charge < -0.3 is 4.74 Å². The van der Waals surface area contributed by atoms with Crippen LogP contribution < -0.4 is 0 Å². The highest BCUT2D eigenvalue weighted by atomic mass is 32.2. The number of hydrogen-bond acceptors (Lipinski definition) is 4. The standard InChI is InChI=1S/C12H16O4S/c1-3-16-12(13)9-8-10-6-4-5-7-11(10)17(2,14)15/h4-7H,3,8-9H2,1-2H3. The summed E-state index contributed by atoms with van der Waals surface area (Å²) < 4.78 is 27.8. The molecule has 0 radical (unpaired) electrons. The Bertz CT molecular complexity index is 491. The van der Waals surface area contributed by atoms with Crippen molar-refractivity contribution in [3.8, 4) is 0 Å². The van der Waals surface area contributed by atoms with E-state index in [1.165, 1.54) is 0 Å². The molecule has 0 amide bonds. The average Bonchev–Trinajstić information content (AvgIpc) is 2.26. The summed E-state index contributed by atoms with van der Waals surface area (Å²) in [5.41, 5.74) is 0.656. The summed E-state index contributed by atoms with van der Waals surface area (Å²) >= 11 is 0. The average molecular weight is 256 g/mol. The normalized spacial score (nSPS) is 11.2. The third-order valence-corrected chi connectivity index (χ3v) is 3.47. The van der Waals surface area contributed by atoms with Gasteiger partial charge in [0.2, 0.25) is 0 Å². The van der Waals surface area contributed by atoms with Gasteiger partial charge in [-0.05, 0) is 25.0 Å². The quantitative estimate of drug-likeness (QED) is 0.750. The number of sulfone groups is 1. The van der Waals surface area contributed by atoms with E-state index in [9.17, 15) is 13.2 Å². The molecule has 17 heavy (non-hydrogen) atoms. The Balaban J connectivity index is 2.82. The van der Waals surface area contributed by atoms with E-state index in [0.717, 1.165) is 6.26 Å². The van der Waals surface area contributed by atoms with Crippen molar-refractivity contribution in [3.05, 3.63) is 29.8 Å². The maximum absolute atomic E-state index is 11.5. The van der Waals surface area contributed by atoms with Crippen LogP contribution in [0, 0.1) is 0 Å². The molecule has 0 heterocycles. The van der Waals surface area contributed by atoms with Crippen molar-refractivity contribution in [1.82, 2.24) is 0 Å². The van der Waals surface area contributed by atoms with Gasteiger partial charge in [0.05, 0.1) is 11.5 Å². The lowest BCUT2D eigenvalue weighted by atomic mass is 10.1. The molecule has 0 saturated heterocycles. The maximum Gasteiger partial charge on any atom is 0.306 e. The van der Waals surface area contributed by atoms with Crippen molar-refractivity contribution < 1.29 is 17.9 Å². The fourth-order valence-corrected chi connectivity index (χ4v) is 2.51. The lowest BCUT2D eigenvalue weighted by Gasteiger charge is -2.07. The van der Waals surface area contributed by atoms with Crippen LogP contribution in [0.5, 0.6) is 0 Å². The van der Waals surface area contributed by atoms with Gasteiger partial charge >= 0.3 is 5.97 Å². The zero-order valence-corrected chi connectivity index (χ0v) is 10.8. The van der Waals surface area contributed by atoms with E-state index in [0.29, 0.717) is 18.6 Å². The van der Waals surface area contributed by atoms with Crippen molar-refractivity contribution in [3.63, 3.8) is 0 Å². The summed E-state index contributed by atoms with van der Waals surface area (Å²) in [5.74, 6) is -0.309. The highest BCUT2D eigenvalue weighted by molar-refractivity contribution is 7.90. The Morgan fingerprint density at radius 1 is 1.29 bits per heavy atom. The smallest absolute Gasteiger partial charge is 0.306 e. The van der Waals surface area contributed by atoms with Crippen LogP contribution in [0.3, 0.4) is 0 Å². The molecule has 0 unspecified atom stereocenters. The zero-order valence-electron chi connectivity index (χ0n) is 9.97. The number of rotatable bonds is 5. The first kappa shape index (κ1) is 13.7. The van der Waals surface area contributed by atoms with Gasteiger partial charge in [-0.1, -0.05) is 18.2 Å². The first-order valence-corrected chi connectivity index (χ1v) is 7.28. The highest BCUT2D eigenvalue weighted by Gasteiger charge is 2.13. The predicted molar refractivity (Wildman–Crippen MR) is 64.5 cm³/mol. The Morgan fingerprint density at radius 2 is 1.94 bits per heavy atom. The number of benzene rings is 1. The van der Waals surface area contributed by atoms with E-state index in [2.05, 4.69) is 0 Å². The van der Waals surface area contributed by atoms with Crippen LogP contribution in [0.25, 0.3) is 0 Å². The molecule has 0 aromatic heterocycles. The summed E-state index contributed by atoms with van der Waals surface area (Å²) in [4.78, 5) is 11.5. The molecule has 94 valence electrons. The van der Waals surface area contributed by atoms with Crippen LogP contribution in [0.4, 0.5) is 0 Å². The number of esters is 1. The molecular formula is C12H16O4S. The van der Waals surface area contributed by atoms with Crippen molar-refractivity contribution in [1.29, 1.82) is 0 Å². The SMILES string of the molecule is CCOC(=O)CCc1ccccc1S(C)(=O)=O. The fraction of sp³-hybridized carbons (Fsp3) is 0.417. The third kappa shape index (κ3) is 4.19. The molecule has 5 heteroatoms. The van der Waals surface area contributed by atoms with Crippen molar-refractivity contribution >= 4 is 15.8 Å². The fourth-order valence-electron chi connectivity index (χ4n) is 1.54. The summed E-state index contributed by atoms with van der Waals surface area (Å²) in [5, 5.41) is 0. The number of ether oxygens (including phenoxy) is 1. The monoisotopic (exact) mass is 256 g/mol. The molecule has 1 rings (SSSR count). The van der Waals surface area contributed by atoms with Crippen LogP contribution in [-0.2, 0) is 25.8 Å². The second-order valence-corrected chi connectivity index (χ2v) is 5.67. The molecule has 1 aromatic carbocycles. The molecule has 0 spiro atoms. The molecule has 4 nitrogen and oxygen atoms in total. The van der Waals surface area contributed by atoms with E-state index >= 15 is 0 Å². The Hall–Kier alpha value is -1.36. The Labute approximate surface area is 102 Å². The van der Waals surface area contributed by atoms with Crippen molar-refractivity contribution in [2.75, 3.05) is 12.9 Å². The molecule has 0 atom stereocenters. The molecule has 0 bridgehead atoms. The summed E-state index contributed by atoms with van der Waals surface area (Å²) in [6, 6.07) is 6.70. The summed E-state index contributed by atoms with van der Waals surface area (Å²) in [6.07, 6.45) is 1.73. The lowest BCUT2D eigenvalue weighted by molar-refractivity contribution is -0.143. The number of hydrogen-bond donors (Lipinski definition) is 0. The van der Waals surface area contributed by atoms with E-state index in [1.54, 1.807) is 31.2 Å². The second kappa shape index (κ2) is 5.82. The molecule has 0 saturated carbocycles. The van der Waals surface area contributed by atoms with Crippen LogP contribution in [-0.4, -0.2) is 27.2 Å². The van der Waals surface area contributed by atoms with Crippen molar-refractivity contribution in [2.24, 2.45) is 0 Å². The van der Waals surface area contributed by atoms with Crippen LogP contribution in [0.2, 0.25) is 0 Å². The molecule has 1 aromatic rings. The van der Waals surface area contributed by atoms with E-state index in [1.807, 2.05) is 0 Å². The molecule has 0 N–H and O–H groups in total. The van der Waals surface area contributed by atoms with Crippen LogP contribution >= 0.6 is 0 Å². The van der Waals surface area contributed by atoms with Gasteiger partial charge in [0, 0.05) is 12.7 Å². The Kier molecular flexibility index (Phi) is 4.69. The largest absolute Gasteiger partial charge is 0.466 e. The van der Waals surface area contributed by atoms with Gasteiger partial charge in [-0.3, -0.25) is 4.79 Å². The molecule has 0 aliphatic carbocycles. The lowest BCUT2D eigenvalue weighted by Crippen LogP contribution is -2.08. The van der Waals surface area contributed by atoms with Gasteiger partial charge in [0.25, 0.3) is 0 Å². The van der Waals surface area contributed by atoms with Gasteiger partial charge in [0.1, 0.15) is 0 Å². The maximum atomic E-state index is 11.5. The Morgan fingerprint density at radius 3 is 2.53 bits per heavy atom.